The quantitative estimate of drug-likeness (QED) is 0.561. The van der Waals surface area contributed by atoms with Crippen LogP contribution in [-0.4, -0.2) is 43.0 Å². The van der Waals surface area contributed by atoms with Gasteiger partial charge in [-0.2, -0.15) is 0 Å². The van der Waals surface area contributed by atoms with Crippen LogP contribution in [0.1, 0.15) is 19.3 Å². The van der Waals surface area contributed by atoms with E-state index in [4.69, 9.17) is 0 Å². The molecule has 2 aliphatic rings. The smallest absolute Gasteiger partial charge is 0.350 e. The fraction of sp³-hybridized carbons (Fsp3) is 0.600. The summed E-state index contributed by atoms with van der Waals surface area (Å²) in [5.74, 6) is 0. The molecule has 0 radical (unpaired) electrons. The Kier molecular flexibility index (Phi) is 3.59. The standard InChI is InChI=1S/C10H17NO6P2/c1-11-7-3-5-8-4-2-6-10(9(8)11,18(12,13)14)19(15,16)17/h2,4H,3,5-7H2,1H3,(H2,12,13,14)(H2,15,16,17). The summed E-state index contributed by atoms with van der Waals surface area (Å²) >= 11 is 0. The molecule has 1 aliphatic heterocycles. The molecule has 0 bridgehead atoms. The van der Waals surface area contributed by atoms with Gasteiger partial charge in [-0.25, -0.2) is 0 Å². The van der Waals surface area contributed by atoms with E-state index < -0.39 is 20.1 Å². The first-order chi connectivity index (χ1) is 8.61. The van der Waals surface area contributed by atoms with Gasteiger partial charge in [0.1, 0.15) is 0 Å². The maximum Gasteiger partial charge on any atom is 0.350 e. The van der Waals surface area contributed by atoms with Crippen molar-refractivity contribution in [3.05, 3.63) is 23.4 Å². The van der Waals surface area contributed by atoms with Crippen LogP contribution >= 0.6 is 15.2 Å². The summed E-state index contributed by atoms with van der Waals surface area (Å²) in [7, 11) is -8.46. The number of nitrogens with zero attached hydrogens (tertiary/aromatic N) is 1. The van der Waals surface area contributed by atoms with Crippen molar-refractivity contribution < 1.29 is 28.7 Å². The number of allylic oxidation sites excluding steroid dienone is 4. The lowest BCUT2D eigenvalue weighted by atomic mass is 9.94. The van der Waals surface area contributed by atoms with Crippen LogP contribution in [0.25, 0.3) is 0 Å². The van der Waals surface area contributed by atoms with Crippen LogP contribution < -0.4 is 0 Å². The first kappa shape index (κ1) is 15.0. The van der Waals surface area contributed by atoms with Crippen LogP contribution in [0.3, 0.4) is 0 Å². The van der Waals surface area contributed by atoms with E-state index in [2.05, 4.69) is 0 Å². The zero-order valence-corrected chi connectivity index (χ0v) is 12.2. The molecule has 19 heavy (non-hydrogen) atoms. The van der Waals surface area contributed by atoms with Crippen LogP contribution in [0.4, 0.5) is 0 Å². The summed E-state index contributed by atoms with van der Waals surface area (Å²) in [5, 5.41) is 0. The third-order valence-corrected chi connectivity index (χ3v) is 7.97. The van der Waals surface area contributed by atoms with Crippen LogP contribution in [0.5, 0.6) is 0 Å². The summed E-state index contributed by atoms with van der Waals surface area (Å²) in [6.45, 7) is 0.522. The first-order valence-corrected chi connectivity index (χ1v) is 9.06. The van der Waals surface area contributed by atoms with Crippen molar-refractivity contribution in [3.8, 4) is 0 Å². The molecule has 0 fully saturated rings. The first-order valence-electron chi connectivity index (χ1n) is 5.84. The Morgan fingerprint density at radius 2 is 1.79 bits per heavy atom. The van der Waals surface area contributed by atoms with E-state index in [1.165, 1.54) is 6.08 Å². The van der Waals surface area contributed by atoms with Gasteiger partial charge in [0, 0.05) is 19.3 Å². The monoisotopic (exact) mass is 309 g/mol. The van der Waals surface area contributed by atoms with E-state index in [1.54, 1.807) is 18.0 Å². The molecule has 9 heteroatoms. The minimum Gasteiger partial charge on any atom is -0.376 e. The predicted octanol–water partition coefficient (Wildman–Crippen LogP) is 0.978. The van der Waals surface area contributed by atoms with E-state index in [-0.39, 0.29) is 12.1 Å². The third kappa shape index (κ3) is 2.15. The van der Waals surface area contributed by atoms with Crippen molar-refractivity contribution in [2.45, 2.75) is 24.2 Å². The van der Waals surface area contributed by atoms with Gasteiger partial charge in [-0.15, -0.1) is 0 Å². The highest BCUT2D eigenvalue weighted by atomic mass is 31.2. The zero-order valence-electron chi connectivity index (χ0n) is 10.4. The lowest BCUT2D eigenvalue weighted by molar-refractivity contribution is 0.280. The Morgan fingerprint density at radius 1 is 1.21 bits per heavy atom. The van der Waals surface area contributed by atoms with Crippen LogP contribution in [0.15, 0.2) is 23.4 Å². The van der Waals surface area contributed by atoms with Crippen LogP contribution in [-0.2, 0) is 9.13 Å². The molecule has 0 amide bonds. The van der Waals surface area contributed by atoms with E-state index in [1.807, 2.05) is 0 Å². The molecular formula is C10H17NO6P2. The molecule has 108 valence electrons. The van der Waals surface area contributed by atoms with Crippen molar-refractivity contribution in [1.82, 2.24) is 4.90 Å². The van der Waals surface area contributed by atoms with Crippen molar-refractivity contribution >= 4 is 15.2 Å². The molecule has 0 saturated carbocycles. The summed E-state index contributed by atoms with van der Waals surface area (Å²) in [5.41, 5.74) is 0.703. The second kappa shape index (κ2) is 4.55. The Balaban J connectivity index is 2.76. The molecule has 1 aliphatic carbocycles. The molecule has 2 rings (SSSR count). The Hall–Kier alpha value is -0.420. The van der Waals surface area contributed by atoms with E-state index in [9.17, 15) is 28.7 Å². The minimum atomic E-state index is -5.03. The van der Waals surface area contributed by atoms with Crippen molar-refractivity contribution in [1.29, 1.82) is 0 Å². The lowest BCUT2D eigenvalue weighted by Gasteiger charge is -2.44. The summed E-state index contributed by atoms with van der Waals surface area (Å²) in [4.78, 5) is 37.6. The molecule has 0 atom stereocenters. The van der Waals surface area contributed by atoms with Gasteiger partial charge in [-0.05, 0) is 24.8 Å². The highest BCUT2D eigenvalue weighted by Gasteiger charge is 2.64. The normalized spacial score (nSPS) is 23.5. The van der Waals surface area contributed by atoms with Gasteiger partial charge >= 0.3 is 15.2 Å². The number of hydrogen-bond acceptors (Lipinski definition) is 3. The molecular weight excluding hydrogens is 292 g/mol. The fourth-order valence-corrected chi connectivity index (χ4v) is 6.08. The molecule has 0 aromatic carbocycles. The second-order valence-corrected chi connectivity index (χ2v) is 8.97. The molecule has 0 unspecified atom stereocenters. The Bertz CT molecular complexity index is 520. The topological polar surface area (TPSA) is 118 Å². The van der Waals surface area contributed by atoms with Gasteiger partial charge in [0.25, 0.3) is 0 Å². The van der Waals surface area contributed by atoms with E-state index >= 15 is 0 Å². The maximum absolute atomic E-state index is 11.9. The SMILES string of the molecule is CN1CCCC2=C1C(P(=O)(O)O)(P(=O)(O)O)CC=C2. The van der Waals surface area contributed by atoms with Crippen LogP contribution in [0.2, 0.25) is 0 Å². The van der Waals surface area contributed by atoms with E-state index in [0.717, 1.165) is 6.42 Å². The average Bonchev–Trinajstić information content (AvgIpc) is 2.25. The summed E-state index contributed by atoms with van der Waals surface area (Å²) < 4.78 is 23.7. The Labute approximate surface area is 110 Å². The van der Waals surface area contributed by atoms with Crippen molar-refractivity contribution in [3.63, 3.8) is 0 Å². The molecule has 1 heterocycles. The largest absolute Gasteiger partial charge is 0.376 e. The fourth-order valence-electron chi connectivity index (χ4n) is 2.85. The molecule has 0 aromatic heterocycles. The predicted molar refractivity (Wildman–Crippen MR) is 69.5 cm³/mol. The van der Waals surface area contributed by atoms with E-state index in [0.29, 0.717) is 18.5 Å². The van der Waals surface area contributed by atoms with Gasteiger partial charge in [0.05, 0.1) is 0 Å². The molecule has 0 aromatic rings. The van der Waals surface area contributed by atoms with Gasteiger partial charge in [0.2, 0.25) is 4.90 Å². The molecule has 0 saturated heterocycles. The number of hydrogen-bond donors (Lipinski definition) is 4. The third-order valence-electron chi connectivity index (χ3n) is 3.69. The minimum absolute atomic E-state index is 0.0999. The van der Waals surface area contributed by atoms with Crippen molar-refractivity contribution in [2.75, 3.05) is 13.6 Å². The van der Waals surface area contributed by atoms with Crippen molar-refractivity contribution in [2.24, 2.45) is 0 Å². The maximum atomic E-state index is 11.9. The highest BCUT2D eigenvalue weighted by Crippen LogP contribution is 2.75. The summed E-state index contributed by atoms with van der Waals surface area (Å²) in [6, 6.07) is 0. The van der Waals surface area contributed by atoms with Gasteiger partial charge in [0.15, 0.2) is 0 Å². The average molecular weight is 309 g/mol. The van der Waals surface area contributed by atoms with Crippen LogP contribution in [0, 0.1) is 0 Å². The van der Waals surface area contributed by atoms with Gasteiger partial charge in [-0.3, -0.25) is 9.13 Å². The van der Waals surface area contributed by atoms with Gasteiger partial charge in [-0.1, -0.05) is 12.2 Å². The molecule has 7 nitrogen and oxygen atoms in total. The lowest BCUT2D eigenvalue weighted by Crippen LogP contribution is -2.43. The number of rotatable bonds is 2. The zero-order chi connectivity index (χ0) is 14.5. The highest BCUT2D eigenvalue weighted by molar-refractivity contribution is 7.73. The molecule has 4 N–H and O–H groups in total. The molecule has 0 spiro atoms. The Morgan fingerprint density at radius 3 is 2.32 bits per heavy atom. The second-order valence-electron chi connectivity index (χ2n) is 4.91. The summed E-state index contributed by atoms with van der Waals surface area (Å²) in [6.07, 6.45) is 4.14. The van der Waals surface area contributed by atoms with Gasteiger partial charge < -0.3 is 24.5 Å².